The molecular formula is C10H9NO4. The molecular weight excluding hydrogens is 198 g/mol. The molecule has 1 N–H and O–H groups in total. The van der Waals surface area contributed by atoms with Gasteiger partial charge in [-0.05, 0) is 29.3 Å². The van der Waals surface area contributed by atoms with E-state index in [1.54, 1.807) is 24.3 Å². The first kappa shape index (κ1) is 9.51. The summed E-state index contributed by atoms with van der Waals surface area (Å²) in [4.78, 5) is 10.5. The average molecular weight is 207 g/mol. The van der Waals surface area contributed by atoms with Crippen molar-refractivity contribution in [3.05, 3.63) is 46.3 Å². The quantitative estimate of drug-likeness (QED) is 0.816. The lowest BCUT2D eigenvalue weighted by Gasteiger charge is -1.97. The monoisotopic (exact) mass is 207 g/mol. The molecule has 1 aromatic heterocycles. The molecule has 15 heavy (non-hydrogen) atoms. The van der Waals surface area contributed by atoms with Crippen LogP contribution < -0.4 is 5.82 Å². The summed E-state index contributed by atoms with van der Waals surface area (Å²) in [5.74, 6) is -0.268. The molecule has 0 radical (unpaired) electrons. The second kappa shape index (κ2) is 4.00. The van der Waals surface area contributed by atoms with Gasteiger partial charge in [-0.2, -0.15) is 0 Å². The third-order valence-electron chi connectivity index (χ3n) is 1.99. The van der Waals surface area contributed by atoms with Crippen molar-refractivity contribution >= 4 is 0 Å². The van der Waals surface area contributed by atoms with Crippen LogP contribution in [-0.4, -0.2) is 10.3 Å². The minimum absolute atomic E-state index is 0.228. The van der Waals surface area contributed by atoms with Crippen molar-refractivity contribution in [2.45, 2.75) is 12.8 Å². The first-order chi connectivity index (χ1) is 7.24. The topological polar surface area (TPSA) is 76.5 Å². The predicted molar refractivity (Wildman–Crippen MR) is 50.6 cm³/mol. The van der Waals surface area contributed by atoms with Gasteiger partial charge in [-0.15, -0.1) is 0 Å². The summed E-state index contributed by atoms with van der Waals surface area (Å²) >= 11 is 0. The molecule has 0 saturated heterocycles. The molecule has 0 amide bonds. The highest BCUT2D eigenvalue weighted by molar-refractivity contribution is 5.26. The van der Waals surface area contributed by atoms with Crippen molar-refractivity contribution in [2.75, 3.05) is 0 Å². The number of phenols is 1. The number of rotatable bonds is 3. The van der Waals surface area contributed by atoms with Crippen molar-refractivity contribution in [3.8, 4) is 5.75 Å². The molecule has 0 aliphatic carbocycles. The minimum atomic E-state index is -0.782. The van der Waals surface area contributed by atoms with Crippen molar-refractivity contribution in [1.82, 2.24) is 5.16 Å². The van der Waals surface area contributed by atoms with Gasteiger partial charge >= 0.3 is 5.82 Å². The maximum absolute atomic E-state index is 10.5. The summed E-state index contributed by atoms with van der Waals surface area (Å²) in [5.41, 5.74) is 1.03. The van der Waals surface area contributed by atoms with E-state index in [9.17, 15) is 4.79 Å². The number of phenolic OH excluding ortho intramolecular Hbond substituents is 1. The number of hydrogen-bond donors (Lipinski definition) is 1. The summed E-state index contributed by atoms with van der Waals surface area (Å²) < 4.78 is 8.91. The lowest BCUT2D eigenvalue weighted by atomic mass is 10.1. The second-order valence-electron chi connectivity index (χ2n) is 3.09. The van der Waals surface area contributed by atoms with E-state index in [2.05, 4.69) is 14.1 Å². The Hall–Kier alpha value is -2.04. The largest absolute Gasteiger partial charge is 0.542 e. The van der Waals surface area contributed by atoms with E-state index < -0.39 is 5.82 Å². The molecule has 0 aliphatic heterocycles. The highest BCUT2D eigenvalue weighted by atomic mass is 16.6. The van der Waals surface area contributed by atoms with Crippen molar-refractivity contribution in [3.63, 3.8) is 0 Å². The minimum Gasteiger partial charge on any atom is -0.508 e. The SMILES string of the molecule is O=c1onc(CCc2ccc(O)cc2)o1. The third kappa shape index (κ3) is 2.46. The fraction of sp³-hybridized carbons (Fsp3) is 0.200. The van der Waals surface area contributed by atoms with Crippen LogP contribution in [0.25, 0.3) is 0 Å². The number of aromatic hydroxyl groups is 1. The second-order valence-corrected chi connectivity index (χ2v) is 3.09. The van der Waals surface area contributed by atoms with Gasteiger partial charge in [0.25, 0.3) is 0 Å². The fourth-order valence-corrected chi connectivity index (χ4v) is 1.23. The van der Waals surface area contributed by atoms with Crippen LogP contribution in [0.3, 0.4) is 0 Å². The van der Waals surface area contributed by atoms with Gasteiger partial charge in [0.05, 0.1) is 0 Å². The molecule has 2 aromatic rings. The van der Waals surface area contributed by atoms with E-state index in [0.717, 1.165) is 5.56 Å². The number of benzene rings is 1. The standard InChI is InChI=1S/C10H9NO4/c12-8-4-1-7(2-5-8)3-6-9-11-15-10(13)14-9/h1-2,4-5,12H,3,6H2. The van der Waals surface area contributed by atoms with Crippen LogP contribution in [0, 0.1) is 0 Å². The molecule has 5 heteroatoms. The van der Waals surface area contributed by atoms with Gasteiger partial charge < -0.3 is 9.52 Å². The third-order valence-corrected chi connectivity index (χ3v) is 1.99. The van der Waals surface area contributed by atoms with Crippen molar-refractivity contribution in [2.24, 2.45) is 0 Å². The lowest BCUT2D eigenvalue weighted by Crippen LogP contribution is -1.92. The predicted octanol–water partition coefficient (Wildman–Crippen LogP) is 1.12. The highest BCUT2D eigenvalue weighted by Crippen LogP contribution is 2.11. The maximum atomic E-state index is 10.5. The van der Waals surface area contributed by atoms with Gasteiger partial charge in [-0.25, -0.2) is 4.79 Å². The van der Waals surface area contributed by atoms with E-state index in [1.165, 1.54) is 0 Å². The van der Waals surface area contributed by atoms with E-state index >= 15 is 0 Å². The number of hydrogen-bond acceptors (Lipinski definition) is 5. The van der Waals surface area contributed by atoms with Crippen molar-refractivity contribution in [1.29, 1.82) is 0 Å². The smallest absolute Gasteiger partial charge is 0.508 e. The van der Waals surface area contributed by atoms with E-state index in [0.29, 0.717) is 12.8 Å². The Bertz CT molecular complexity index is 483. The zero-order valence-corrected chi connectivity index (χ0v) is 7.84. The van der Waals surface area contributed by atoms with Crippen LogP contribution in [0.15, 0.2) is 38.0 Å². The van der Waals surface area contributed by atoms with Gasteiger partial charge in [0, 0.05) is 6.42 Å². The van der Waals surface area contributed by atoms with Crippen molar-refractivity contribution < 1.29 is 14.0 Å². The van der Waals surface area contributed by atoms with Gasteiger partial charge in [0.1, 0.15) is 5.75 Å². The normalized spacial score (nSPS) is 10.4. The molecule has 78 valence electrons. The summed E-state index contributed by atoms with van der Waals surface area (Å²) in [6, 6.07) is 6.81. The Morgan fingerprint density at radius 2 is 1.93 bits per heavy atom. The molecule has 1 aromatic carbocycles. The molecule has 0 spiro atoms. The van der Waals surface area contributed by atoms with Gasteiger partial charge in [0.15, 0.2) is 0 Å². The number of aryl methyl sites for hydroxylation is 2. The van der Waals surface area contributed by atoms with Gasteiger partial charge in [-0.1, -0.05) is 12.1 Å². The summed E-state index contributed by atoms with van der Waals surface area (Å²) in [5, 5.41) is 12.5. The van der Waals surface area contributed by atoms with Crippen LogP contribution in [-0.2, 0) is 12.8 Å². The first-order valence-corrected chi connectivity index (χ1v) is 4.47. The summed E-state index contributed by atoms with van der Waals surface area (Å²) in [6.07, 6.45) is 1.17. The molecule has 2 rings (SSSR count). The fourth-order valence-electron chi connectivity index (χ4n) is 1.23. The molecule has 0 fully saturated rings. The van der Waals surface area contributed by atoms with Crippen LogP contribution in [0.2, 0.25) is 0 Å². The highest BCUT2D eigenvalue weighted by Gasteiger charge is 2.03. The molecule has 0 unspecified atom stereocenters. The Balaban J connectivity index is 1.99. The van der Waals surface area contributed by atoms with Crippen LogP contribution in [0.4, 0.5) is 0 Å². The zero-order valence-electron chi connectivity index (χ0n) is 7.84. The van der Waals surface area contributed by atoms with E-state index in [-0.39, 0.29) is 11.6 Å². The lowest BCUT2D eigenvalue weighted by molar-refractivity contribution is 0.334. The summed E-state index contributed by atoms with van der Waals surface area (Å²) in [6.45, 7) is 0. The Labute approximate surface area is 84.9 Å². The van der Waals surface area contributed by atoms with E-state index in [1.807, 2.05) is 0 Å². The zero-order chi connectivity index (χ0) is 10.7. The van der Waals surface area contributed by atoms with Gasteiger partial charge in [0.2, 0.25) is 5.89 Å². The number of nitrogens with zero attached hydrogens (tertiary/aromatic N) is 1. The molecule has 0 saturated carbocycles. The average Bonchev–Trinajstić information content (AvgIpc) is 2.64. The Kier molecular flexibility index (Phi) is 2.53. The Morgan fingerprint density at radius 3 is 2.53 bits per heavy atom. The van der Waals surface area contributed by atoms with Crippen LogP contribution >= 0.6 is 0 Å². The molecule has 5 nitrogen and oxygen atoms in total. The molecule has 0 bridgehead atoms. The molecule has 0 atom stereocenters. The van der Waals surface area contributed by atoms with Crippen LogP contribution in [0.1, 0.15) is 11.5 Å². The van der Waals surface area contributed by atoms with Gasteiger partial charge in [-0.3, -0.25) is 4.52 Å². The Morgan fingerprint density at radius 1 is 1.20 bits per heavy atom. The molecule has 1 heterocycles. The van der Waals surface area contributed by atoms with Crippen LogP contribution in [0.5, 0.6) is 5.75 Å². The maximum Gasteiger partial charge on any atom is 0.542 e. The molecule has 0 aliphatic rings. The summed E-state index contributed by atoms with van der Waals surface area (Å²) in [7, 11) is 0. The van der Waals surface area contributed by atoms with E-state index in [4.69, 9.17) is 5.11 Å². The number of aromatic nitrogens is 1. The first-order valence-electron chi connectivity index (χ1n) is 4.47.